The number of nitrogens with one attached hydrogen (secondary N) is 1. The number of amides is 1. The summed E-state index contributed by atoms with van der Waals surface area (Å²) in [5.41, 5.74) is 0.260. The maximum absolute atomic E-state index is 12.9. The summed E-state index contributed by atoms with van der Waals surface area (Å²) in [5.74, 6) is -0.428. The second-order valence-corrected chi connectivity index (χ2v) is 6.31. The van der Waals surface area contributed by atoms with Crippen molar-refractivity contribution in [3.05, 3.63) is 23.8 Å². The van der Waals surface area contributed by atoms with Gasteiger partial charge in [0.05, 0.1) is 25.6 Å². The topological polar surface area (TPSA) is 84.9 Å². The van der Waals surface area contributed by atoms with Crippen LogP contribution in [0.3, 0.4) is 0 Å². The number of carboxylic acids is 1. The van der Waals surface area contributed by atoms with E-state index in [9.17, 15) is 9.59 Å². The summed E-state index contributed by atoms with van der Waals surface area (Å²) in [6, 6.07) is 5.55. The molecule has 1 saturated carbocycles. The van der Waals surface area contributed by atoms with E-state index < -0.39 is 17.3 Å². The number of rotatable bonds is 7. The van der Waals surface area contributed by atoms with Crippen molar-refractivity contribution in [2.24, 2.45) is 5.92 Å². The first-order valence-corrected chi connectivity index (χ1v) is 8.18. The quantitative estimate of drug-likeness (QED) is 0.799. The molecule has 0 aliphatic heterocycles. The third kappa shape index (κ3) is 3.47. The summed E-state index contributed by atoms with van der Waals surface area (Å²) in [6.07, 6.45) is 3.43. The smallest absolute Gasteiger partial charge is 0.308 e. The highest BCUT2D eigenvalue weighted by atomic mass is 16.5. The monoisotopic (exact) mass is 335 g/mol. The number of ether oxygens (including phenoxy) is 2. The molecular formula is C18H25NO5. The largest absolute Gasteiger partial charge is 0.493 e. The first kappa shape index (κ1) is 18.1. The van der Waals surface area contributed by atoms with Gasteiger partial charge < -0.3 is 19.9 Å². The van der Waals surface area contributed by atoms with E-state index in [1.807, 2.05) is 12.1 Å². The molecule has 1 fully saturated rings. The van der Waals surface area contributed by atoms with Gasteiger partial charge in [-0.3, -0.25) is 9.59 Å². The van der Waals surface area contributed by atoms with Gasteiger partial charge in [-0.05, 0) is 30.5 Å². The first-order chi connectivity index (χ1) is 11.4. The molecule has 0 heterocycles. The van der Waals surface area contributed by atoms with Crippen LogP contribution in [-0.2, 0) is 15.0 Å². The van der Waals surface area contributed by atoms with Crippen molar-refractivity contribution in [3.8, 4) is 11.5 Å². The Morgan fingerprint density at radius 1 is 1.21 bits per heavy atom. The van der Waals surface area contributed by atoms with Crippen LogP contribution in [0.4, 0.5) is 0 Å². The Balaban J connectivity index is 2.27. The summed E-state index contributed by atoms with van der Waals surface area (Å²) >= 11 is 0. The van der Waals surface area contributed by atoms with Gasteiger partial charge >= 0.3 is 5.97 Å². The average Bonchev–Trinajstić information content (AvgIpc) is 3.09. The minimum Gasteiger partial charge on any atom is -0.493 e. The van der Waals surface area contributed by atoms with Gasteiger partial charge in [0.25, 0.3) is 0 Å². The lowest BCUT2D eigenvalue weighted by molar-refractivity contribution is -0.141. The van der Waals surface area contributed by atoms with Gasteiger partial charge in [0.2, 0.25) is 5.91 Å². The molecule has 1 amide bonds. The molecule has 132 valence electrons. The van der Waals surface area contributed by atoms with Gasteiger partial charge in [0, 0.05) is 6.54 Å². The molecule has 1 aromatic rings. The van der Waals surface area contributed by atoms with Crippen molar-refractivity contribution in [1.29, 1.82) is 0 Å². The van der Waals surface area contributed by atoms with E-state index >= 15 is 0 Å². The molecule has 0 saturated heterocycles. The van der Waals surface area contributed by atoms with Crippen LogP contribution < -0.4 is 14.8 Å². The fourth-order valence-electron chi connectivity index (χ4n) is 3.26. The third-order valence-electron chi connectivity index (χ3n) is 4.82. The fourth-order valence-corrected chi connectivity index (χ4v) is 3.26. The molecule has 1 aliphatic carbocycles. The number of hydrogen-bond acceptors (Lipinski definition) is 4. The number of carboxylic acid groups (broad SMARTS) is 1. The molecule has 1 aliphatic rings. The van der Waals surface area contributed by atoms with E-state index in [1.54, 1.807) is 27.2 Å². The van der Waals surface area contributed by atoms with E-state index in [0.29, 0.717) is 11.5 Å². The SMILES string of the molecule is COc1ccc(C2(C(=O)NCC(C)C(=O)O)CCCC2)cc1OC. The molecule has 0 bridgehead atoms. The van der Waals surface area contributed by atoms with Gasteiger partial charge in [-0.2, -0.15) is 0 Å². The summed E-state index contributed by atoms with van der Waals surface area (Å²) < 4.78 is 10.6. The summed E-state index contributed by atoms with van der Waals surface area (Å²) in [5, 5.41) is 11.8. The number of aliphatic carboxylic acids is 1. The molecule has 0 aromatic heterocycles. The van der Waals surface area contributed by atoms with E-state index in [4.69, 9.17) is 14.6 Å². The zero-order valence-corrected chi connectivity index (χ0v) is 14.4. The van der Waals surface area contributed by atoms with Crippen LogP contribution in [0.2, 0.25) is 0 Å². The lowest BCUT2D eigenvalue weighted by Gasteiger charge is -2.29. The lowest BCUT2D eigenvalue weighted by atomic mass is 9.77. The summed E-state index contributed by atoms with van der Waals surface area (Å²) in [6.45, 7) is 1.71. The Hall–Kier alpha value is -2.24. The highest BCUT2D eigenvalue weighted by Crippen LogP contribution is 2.43. The molecule has 24 heavy (non-hydrogen) atoms. The number of methoxy groups -OCH3 is 2. The zero-order chi connectivity index (χ0) is 17.7. The zero-order valence-electron chi connectivity index (χ0n) is 14.4. The molecule has 0 radical (unpaired) electrons. The minimum absolute atomic E-state index is 0.111. The Bertz CT molecular complexity index is 607. The number of carbonyl (C=O) groups is 2. The van der Waals surface area contributed by atoms with E-state index in [0.717, 1.165) is 31.2 Å². The first-order valence-electron chi connectivity index (χ1n) is 8.18. The predicted molar refractivity (Wildman–Crippen MR) is 89.5 cm³/mol. The maximum atomic E-state index is 12.9. The van der Waals surface area contributed by atoms with Crippen molar-refractivity contribution >= 4 is 11.9 Å². The number of carbonyl (C=O) groups excluding carboxylic acids is 1. The molecular weight excluding hydrogens is 310 g/mol. The van der Waals surface area contributed by atoms with Crippen molar-refractivity contribution in [3.63, 3.8) is 0 Å². The van der Waals surface area contributed by atoms with Crippen LogP contribution in [0, 0.1) is 5.92 Å². The summed E-state index contributed by atoms with van der Waals surface area (Å²) in [4.78, 5) is 23.8. The van der Waals surface area contributed by atoms with Crippen LogP contribution in [-0.4, -0.2) is 37.7 Å². The predicted octanol–water partition coefficient (Wildman–Crippen LogP) is 2.35. The van der Waals surface area contributed by atoms with Crippen molar-refractivity contribution in [2.45, 2.75) is 38.0 Å². The van der Waals surface area contributed by atoms with Crippen LogP contribution >= 0.6 is 0 Å². The average molecular weight is 335 g/mol. The molecule has 1 aromatic carbocycles. The minimum atomic E-state index is -0.915. The standard InChI is InChI=1S/C18H25NO5/c1-12(16(20)21)11-19-17(22)18(8-4-5-9-18)13-6-7-14(23-2)15(10-13)24-3/h6-7,10,12H,4-5,8-9,11H2,1-3H3,(H,19,22)(H,20,21). The normalized spacial score (nSPS) is 17.1. The van der Waals surface area contributed by atoms with Gasteiger partial charge in [-0.1, -0.05) is 25.8 Å². The van der Waals surface area contributed by atoms with Gasteiger partial charge in [-0.15, -0.1) is 0 Å². The van der Waals surface area contributed by atoms with E-state index in [2.05, 4.69) is 5.32 Å². The van der Waals surface area contributed by atoms with Crippen LogP contribution in [0.5, 0.6) is 11.5 Å². The number of hydrogen-bond donors (Lipinski definition) is 2. The molecule has 6 nitrogen and oxygen atoms in total. The maximum Gasteiger partial charge on any atom is 0.308 e. The van der Waals surface area contributed by atoms with Gasteiger partial charge in [-0.25, -0.2) is 0 Å². The highest BCUT2D eigenvalue weighted by Gasteiger charge is 2.43. The van der Waals surface area contributed by atoms with E-state index in [-0.39, 0.29) is 12.5 Å². The Kier molecular flexibility index (Phi) is 5.70. The van der Waals surface area contributed by atoms with Gasteiger partial charge in [0.1, 0.15) is 0 Å². The van der Waals surface area contributed by atoms with E-state index in [1.165, 1.54) is 0 Å². The van der Waals surface area contributed by atoms with Crippen LogP contribution in [0.15, 0.2) is 18.2 Å². The molecule has 2 N–H and O–H groups in total. The molecule has 0 spiro atoms. The van der Waals surface area contributed by atoms with Crippen LogP contribution in [0.25, 0.3) is 0 Å². The van der Waals surface area contributed by atoms with Gasteiger partial charge in [0.15, 0.2) is 11.5 Å². The van der Waals surface area contributed by atoms with Crippen molar-refractivity contribution < 1.29 is 24.2 Å². The summed E-state index contributed by atoms with van der Waals surface area (Å²) in [7, 11) is 3.14. The Labute approximate surface area is 142 Å². The Morgan fingerprint density at radius 2 is 1.83 bits per heavy atom. The molecule has 6 heteroatoms. The third-order valence-corrected chi connectivity index (χ3v) is 4.82. The second-order valence-electron chi connectivity index (χ2n) is 6.31. The molecule has 1 unspecified atom stereocenters. The number of benzene rings is 1. The molecule has 2 rings (SSSR count). The Morgan fingerprint density at radius 3 is 2.38 bits per heavy atom. The van der Waals surface area contributed by atoms with Crippen molar-refractivity contribution in [1.82, 2.24) is 5.32 Å². The second kappa shape index (κ2) is 7.55. The lowest BCUT2D eigenvalue weighted by Crippen LogP contribution is -2.44. The highest BCUT2D eigenvalue weighted by molar-refractivity contribution is 5.89. The fraction of sp³-hybridized carbons (Fsp3) is 0.556. The van der Waals surface area contributed by atoms with Crippen molar-refractivity contribution in [2.75, 3.05) is 20.8 Å². The molecule has 1 atom stereocenters. The van der Waals surface area contributed by atoms with Crippen LogP contribution in [0.1, 0.15) is 38.2 Å².